The summed E-state index contributed by atoms with van der Waals surface area (Å²) in [5, 5.41) is 0. The van der Waals surface area contributed by atoms with E-state index in [0.29, 0.717) is 5.88 Å². The van der Waals surface area contributed by atoms with Crippen molar-refractivity contribution >= 4 is 20.4 Å². The van der Waals surface area contributed by atoms with Crippen LogP contribution < -0.4 is 0 Å². The molecule has 0 saturated carbocycles. The van der Waals surface area contributed by atoms with Crippen molar-refractivity contribution in [3.63, 3.8) is 0 Å². The minimum atomic E-state index is -2.62. The Balaban J connectivity index is 2.96. The van der Waals surface area contributed by atoms with Crippen LogP contribution in [0.3, 0.4) is 0 Å². The minimum absolute atomic E-state index is 0.0897. The molecule has 1 aromatic carbocycles. The number of alkyl halides is 1. The van der Waals surface area contributed by atoms with E-state index in [4.69, 9.17) is 24.9 Å². The summed E-state index contributed by atoms with van der Waals surface area (Å²) in [5.74, 6) is 0.524. The molecule has 5 heteroatoms. The summed E-state index contributed by atoms with van der Waals surface area (Å²) in [7, 11) is 2.26. The lowest BCUT2D eigenvalue weighted by molar-refractivity contribution is 0.114. The molecule has 1 aromatic rings. The molecule has 0 radical (unpaired) electrons. The lowest BCUT2D eigenvalue weighted by atomic mass is 10.1. The van der Waals surface area contributed by atoms with E-state index in [1.807, 2.05) is 24.3 Å². The zero-order valence-corrected chi connectivity index (χ0v) is 12.5. The Hall–Kier alpha value is -0.393. The highest BCUT2D eigenvalue weighted by atomic mass is 35.5. The largest absolute Gasteiger partial charge is 0.507 e. The molecule has 0 aromatic heterocycles. The normalized spacial score (nSPS) is 13.7. The molecule has 0 aliphatic rings. The number of benzene rings is 1. The number of rotatable bonds is 6. The fourth-order valence-corrected chi connectivity index (χ4v) is 4.22. The maximum Gasteiger partial charge on any atom is 0.507 e. The second kappa shape index (κ2) is 6.52. The van der Waals surface area contributed by atoms with Crippen LogP contribution in [0.1, 0.15) is 23.6 Å². The minimum Gasteiger partial charge on any atom is -0.376 e. The molecule has 0 heterocycles. The molecule has 96 valence electrons. The van der Waals surface area contributed by atoms with E-state index in [2.05, 4.69) is 6.92 Å². The van der Waals surface area contributed by atoms with Gasteiger partial charge in [-0.15, -0.1) is 11.6 Å². The van der Waals surface area contributed by atoms with Gasteiger partial charge in [0.05, 0.1) is 5.54 Å². The molecule has 3 nitrogen and oxygen atoms in total. The van der Waals surface area contributed by atoms with Crippen LogP contribution in [-0.2, 0) is 19.2 Å². The molecular formula is C12H19ClO3Si. The van der Waals surface area contributed by atoms with Crippen molar-refractivity contribution in [2.75, 3.05) is 21.3 Å². The second-order valence-electron chi connectivity index (χ2n) is 3.81. The smallest absolute Gasteiger partial charge is 0.376 e. The first-order chi connectivity index (χ1) is 8.13. The van der Waals surface area contributed by atoms with Crippen LogP contribution in [0.5, 0.6) is 0 Å². The summed E-state index contributed by atoms with van der Waals surface area (Å²) in [4.78, 5) is 0. The first-order valence-electron chi connectivity index (χ1n) is 5.43. The van der Waals surface area contributed by atoms with Crippen LogP contribution in [0.25, 0.3) is 0 Å². The van der Waals surface area contributed by atoms with Gasteiger partial charge in [-0.2, -0.15) is 0 Å². The first kappa shape index (κ1) is 14.7. The van der Waals surface area contributed by atoms with Gasteiger partial charge in [-0.25, -0.2) is 0 Å². The third kappa shape index (κ3) is 3.08. The highest BCUT2D eigenvalue weighted by Crippen LogP contribution is 2.28. The van der Waals surface area contributed by atoms with Gasteiger partial charge in [0, 0.05) is 27.2 Å². The van der Waals surface area contributed by atoms with Gasteiger partial charge in [-0.3, -0.25) is 0 Å². The number of hydrogen-bond donors (Lipinski definition) is 0. The topological polar surface area (TPSA) is 27.7 Å². The Morgan fingerprint density at radius 1 is 1.06 bits per heavy atom. The van der Waals surface area contributed by atoms with Crippen molar-refractivity contribution in [3.05, 3.63) is 35.4 Å². The molecule has 1 rings (SSSR count). The third-order valence-corrected chi connectivity index (χ3v) is 6.43. The molecular weight excluding hydrogens is 256 g/mol. The molecule has 0 fully saturated rings. The van der Waals surface area contributed by atoms with Gasteiger partial charge < -0.3 is 13.3 Å². The zero-order valence-electron chi connectivity index (χ0n) is 10.7. The van der Waals surface area contributed by atoms with Gasteiger partial charge >= 0.3 is 8.80 Å². The lowest BCUT2D eigenvalue weighted by Crippen LogP contribution is -2.48. The van der Waals surface area contributed by atoms with E-state index in [1.165, 1.54) is 0 Å². The zero-order chi connectivity index (χ0) is 12.9. The average molecular weight is 275 g/mol. The number of halogens is 1. The van der Waals surface area contributed by atoms with E-state index in [0.717, 1.165) is 11.1 Å². The van der Waals surface area contributed by atoms with Crippen molar-refractivity contribution in [2.24, 2.45) is 0 Å². The van der Waals surface area contributed by atoms with Gasteiger partial charge in [0.15, 0.2) is 0 Å². The van der Waals surface area contributed by atoms with E-state index in [1.54, 1.807) is 21.3 Å². The van der Waals surface area contributed by atoms with E-state index in [-0.39, 0.29) is 5.54 Å². The molecule has 0 bridgehead atoms. The molecule has 17 heavy (non-hydrogen) atoms. The molecule has 1 unspecified atom stereocenters. The van der Waals surface area contributed by atoms with Crippen LogP contribution in [0.15, 0.2) is 24.3 Å². The van der Waals surface area contributed by atoms with Crippen LogP contribution in [0.2, 0.25) is 0 Å². The standard InChI is InChI=1S/C12H19ClO3Si/c1-10(17(14-2,15-3)16-4)12-7-5-11(9-13)6-8-12/h5-8,10H,9H2,1-4H3. The molecule has 0 aliphatic carbocycles. The Kier molecular flexibility index (Phi) is 5.62. The fourth-order valence-electron chi connectivity index (χ4n) is 1.88. The Labute approximate surface area is 109 Å². The Morgan fingerprint density at radius 3 is 1.88 bits per heavy atom. The highest BCUT2D eigenvalue weighted by Gasteiger charge is 2.45. The van der Waals surface area contributed by atoms with E-state index < -0.39 is 8.80 Å². The molecule has 0 N–H and O–H groups in total. The van der Waals surface area contributed by atoms with Gasteiger partial charge in [0.2, 0.25) is 0 Å². The highest BCUT2D eigenvalue weighted by molar-refractivity contribution is 6.62. The summed E-state index contributed by atoms with van der Waals surface area (Å²) >= 11 is 5.77. The summed E-state index contributed by atoms with van der Waals surface area (Å²) in [5.41, 5.74) is 2.32. The average Bonchev–Trinajstić information content (AvgIpc) is 2.41. The first-order valence-corrected chi connectivity index (χ1v) is 7.77. The van der Waals surface area contributed by atoms with Crippen molar-refractivity contribution < 1.29 is 13.3 Å². The van der Waals surface area contributed by atoms with Crippen molar-refractivity contribution in [1.82, 2.24) is 0 Å². The monoisotopic (exact) mass is 274 g/mol. The van der Waals surface area contributed by atoms with Crippen molar-refractivity contribution in [1.29, 1.82) is 0 Å². The Bertz CT molecular complexity index is 330. The van der Waals surface area contributed by atoms with Gasteiger partial charge in [0.1, 0.15) is 0 Å². The van der Waals surface area contributed by atoms with Crippen molar-refractivity contribution in [3.8, 4) is 0 Å². The fraction of sp³-hybridized carbons (Fsp3) is 0.500. The predicted octanol–water partition coefficient (Wildman–Crippen LogP) is 2.95. The molecule has 0 spiro atoms. The Morgan fingerprint density at radius 2 is 1.53 bits per heavy atom. The van der Waals surface area contributed by atoms with Crippen LogP contribution in [0.4, 0.5) is 0 Å². The molecule has 0 saturated heterocycles. The van der Waals surface area contributed by atoms with Crippen molar-refractivity contribution in [2.45, 2.75) is 18.3 Å². The van der Waals surface area contributed by atoms with Gasteiger partial charge in [0.25, 0.3) is 0 Å². The molecule has 0 amide bonds. The van der Waals surface area contributed by atoms with Crippen LogP contribution in [0, 0.1) is 0 Å². The number of hydrogen-bond acceptors (Lipinski definition) is 3. The van der Waals surface area contributed by atoms with Gasteiger partial charge in [-0.1, -0.05) is 31.2 Å². The summed E-state index contributed by atoms with van der Waals surface area (Å²) < 4.78 is 16.4. The predicted molar refractivity (Wildman–Crippen MR) is 71.2 cm³/mol. The SMILES string of the molecule is CO[Si](OC)(OC)C(C)c1ccc(CCl)cc1. The van der Waals surface area contributed by atoms with E-state index >= 15 is 0 Å². The molecule has 1 atom stereocenters. The summed E-state index contributed by atoms with van der Waals surface area (Å²) in [6, 6.07) is 8.11. The maximum absolute atomic E-state index is 5.77. The maximum atomic E-state index is 5.77. The second-order valence-corrected chi connectivity index (χ2v) is 7.38. The van der Waals surface area contributed by atoms with Gasteiger partial charge in [-0.05, 0) is 11.1 Å². The summed E-state index contributed by atoms with van der Waals surface area (Å²) in [6.07, 6.45) is 0. The quantitative estimate of drug-likeness (QED) is 0.590. The molecule has 0 aliphatic heterocycles. The van der Waals surface area contributed by atoms with Crippen LogP contribution >= 0.6 is 11.6 Å². The van der Waals surface area contributed by atoms with Crippen LogP contribution in [-0.4, -0.2) is 30.1 Å². The third-order valence-electron chi connectivity index (χ3n) is 3.02. The lowest BCUT2D eigenvalue weighted by Gasteiger charge is -2.30. The van der Waals surface area contributed by atoms with E-state index in [9.17, 15) is 0 Å². The summed E-state index contributed by atoms with van der Waals surface area (Å²) in [6.45, 7) is 2.05.